The lowest BCUT2D eigenvalue weighted by Crippen LogP contribution is -2.53. The number of fused-ring (bicyclic) bond motifs is 3. The highest BCUT2D eigenvalue weighted by molar-refractivity contribution is 7.19. The van der Waals surface area contributed by atoms with Crippen LogP contribution in [0.4, 0.5) is 0 Å². The number of amides is 2. The van der Waals surface area contributed by atoms with Gasteiger partial charge in [-0.25, -0.2) is 0 Å². The molecule has 8 heteroatoms. The van der Waals surface area contributed by atoms with E-state index in [1.54, 1.807) is 17.5 Å². The average Bonchev–Trinajstić information content (AvgIpc) is 3.77. The van der Waals surface area contributed by atoms with Gasteiger partial charge in [-0.3, -0.25) is 19.5 Å². The van der Waals surface area contributed by atoms with Crippen molar-refractivity contribution in [3.63, 3.8) is 0 Å². The molecule has 7 rings (SSSR count). The van der Waals surface area contributed by atoms with Crippen molar-refractivity contribution in [3.8, 4) is 11.3 Å². The Labute approximate surface area is 270 Å². The first-order valence-electron chi connectivity index (χ1n) is 16.5. The Bertz CT molecular complexity index is 1690. The molecule has 2 bridgehead atoms. The molecule has 2 amide bonds. The van der Waals surface area contributed by atoms with Gasteiger partial charge in [0.1, 0.15) is 4.83 Å². The minimum Gasteiger partial charge on any atom is -0.355 e. The van der Waals surface area contributed by atoms with Gasteiger partial charge in [-0.1, -0.05) is 30.2 Å². The topological polar surface area (TPSA) is 81.3 Å². The third kappa shape index (κ3) is 5.61. The fourth-order valence-electron chi connectivity index (χ4n) is 7.95. The molecule has 3 aliphatic rings. The van der Waals surface area contributed by atoms with E-state index in [1.165, 1.54) is 33.2 Å². The van der Waals surface area contributed by atoms with Crippen molar-refractivity contribution in [3.05, 3.63) is 75.9 Å². The van der Waals surface area contributed by atoms with Gasteiger partial charge in [0.05, 0.1) is 17.0 Å². The monoisotopic (exact) mass is 623 g/mol. The maximum atomic E-state index is 14.0. The maximum absolute atomic E-state index is 14.0. The molecule has 1 atom stereocenters. The molecular formula is C37H45N5O2S. The Kier molecular flexibility index (Phi) is 7.85. The number of aromatic nitrogens is 2. The van der Waals surface area contributed by atoms with Gasteiger partial charge < -0.3 is 15.2 Å². The average molecular weight is 624 g/mol. The Hall–Kier alpha value is -3.49. The number of pyridine rings is 1. The molecule has 0 radical (unpaired) electrons. The molecular weight excluding hydrogens is 579 g/mol. The van der Waals surface area contributed by atoms with E-state index in [-0.39, 0.29) is 23.7 Å². The van der Waals surface area contributed by atoms with Crippen LogP contribution in [0.3, 0.4) is 0 Å². The second-order valence-electron chi connectivity index (χ2n) is 14.3. The third-order valence-electron chi connectivity index (χ3n) is 10.4. The van der Waals surface area contributed by atoms with Gasteiger partial charge in [-0.05, 0) is 94.3 Å². The number of benzene rings is 1. The second kappa shape index (κ2) is 11.7. The normalized spacial score (nSPS) is 21.0. The molecule has 0 spiro atoms. The van der Waals surface area contributed by atoms with Gasteiger partial charge in [0.25, 0.3) is 0 Å². The number of aromatic amines is 1. The van der Waals surface area contributed by atoms with Crippen LogP contribution in [0.25, 0.3) is 21.5 Å². The molecule has 2 N–H and O–H groups in total. The first-order chi connectivity index (χ1) is 21.6. The number of likely N-dealkylation sites (tertiary alicyclic amines) is 1. The van der Waals surface area contributed by atoms with Crippen molar-refractivity contribution < 1.29 is 9.59 Å². The van der Waals surface area contributed by atoms with Crippen LogP contribution < -0.4 is 5.32 Å². The van der Waals surface area contributed by atoms with Crippen LogP contribution in [-0.2, 0) is 21.5 Å². The summed E-state index contributed by atoms with van der Waals surface area (Å²) in [5, 5.41) is 4.45. The zero-order valence-corrected chi connectivity index (χ0v) is 28.0. The number of carbonyl (C=O) groups excluding carboxylic acids is 2. The summed E-state index contributed by atoms with van der Waals surface area (Å²) in [5.74, 6) is 0.494. The molecule has 3 aliphatic heterocycles. The predicted molar refractivity (Wildman–Crippen MR) is 181 cm³/mol. The third-order valence-corrected chi connectivity index (χ3v) is 11.8. The van der Waals surface area contributed by atoms with Gasteiger partial charge in [0.2, 0.25) is 11.8 Å². The van der Waals surface area contributed by atoms with E-state index >= 15 is 0 Å². The van der Waals surface area contributed by atoms with Crippen molar-refractivity contribution in [2.45, 2.75) is 90.3 Å². The van der Waals surface area contributed by atoms with Crippen LogP contribution in [0.15, 0.2) is 48.8 Å². The molecule has 0 unspecified atom stereocenters. The number of carbonyl (C=O) groups is 2. The van der Waals surface area contributed by atoms with Gasteiger partial charge in [0, 0.05) is 66.8 Å². The highest BCUT2D eigenvalue weighted by Crippen LogP contribution is 2.45. The Morgan fingerprint density at radius 1 is 1.07 bits per heavy atom. The van der Waals surface area contributed by atoms with E-state index in [0.29, 0.717) is 18.6 Å². The number of nitrogens with zero attached hydrogens (tertiary/aromatic N) is 3. The Morgan fingerprint density at radius 2 is 1.76 bits per heavy atom. The van der Waals surface area contributed by atoms with E-state index in [4.69, 9.17) is 0 Å². The number of H-pyrrole nitrogens is 1. The zero-order chi connectivity index (χ0) is 31.5. The number of hydrogen-bond donors (Lipinski definition) is 2. The number of nitrogens with one attached hydrogen (secondary N) is 2. The lowest BCUT2D eigenvalue weighted by molar-refractivity contribution is -0.137. The fraction of sp³-hybridized carbons (Fsp3) is 0.486. The van der Waals surface area contributed by atoms with Gasteiger partial charge in [-0.2, -0.15) is 0 Å². The molecule has 45 heavy (non-hydrogen) atoms. The van der Waals surface area contributed by atoms with E-state index < -0.39 is 5.41 Å². The van der Waals surface area contributed by atoms with Crippen LogP contribution in [-0.4, -0.2) is 63.3 Å². The van der Waals surface area contributed by atoms with Gasteiger partial charge in [0.15, 0.2) is 0 Å². The summed E-state index contributed by atoms with van der Waals surface area (Å²) in [6.07, 6.45) is 8.27. The van der Waals surface area contributed by atoms with Gasteiger partial charge >= 0.3 is 0 Å². The van der Waals surface area contributed by atoms with Crippen LogP contribution >= 0.6 is 11.3 Å². The SMILES string of the molecule is Cc1cc(C)cc(-c2[nH]c3sc(C(C)(C)C(=O)N4C5CCC4CC5)cc3c2[C@H](C)CNC(=O)C2CN(Cc3cccnc3)C2)c1. The van der Waals surface area contributed by atoms with Crippen molar-refractivity contribution >= 4 is 33.4 Å². The molecule has 7 nitrogen and oxygen atoms in total. The summed E-state index contributed by atoms with van der Waals surface area (Å²) in [6.45, 7) is 13.6. The van der Waals surface area contributed by atoms with Crippen LogP contribution in [0.1, 0.15) is 79.5 Å². The number of thiophene rings is 1. The molecule has 6 heterocycles. The molecule has 0 aliphatic carbocycles. The molecule has 3 fully saturated rings. The number of aryl methyl sites for hydroxylation is 2. The quantitative estimate of drug-likeness (QED) is 0.218. The standard InChI is InChI=1S/C37H45N5O2S/c1-22-13-23(2)15-26(14-22)33-32(24(3)17-39-34(43)27-20-41(21-27)19-25-7-6-12-38-18-25)30-16-31(45-35(30)40-33)37(4,5)36(44)42-28-8-9-29(42)11-10-28/h6-7,12-16,18,24,27-29,40H,8-11,17,19-21H2,1-5H3,(H,39,43)/t24-,28?,29?/m1/s1. The first kappa shape index (κ1) is 30.2. The molecule has 0 saturated carbocycles. The Balaban J connectivity index is 1.12. The van der Waals surface area contributed by atoms with Crippen molar-refractivity contribution in [1.29, 1.82) is 0 Å². The maximum Gasteiger partial charge on any atom is 0.233 e. The first-order valence-corrected chi connectivity index (χ1v) is 17.4. The molecule has 1 aromatic carbocycles. The largest absolute Gasteiger partial charge is 0.355 e. The second-order valence-corrected chi connectivity index (χ2v) is 15.4. The van der Waals surface area contributed by atoms with E-state index in [9.17, 15) is 9.59 Å². The van der Waals surface area contributed by atoms with Crippen molar-refractivity contribution in [2.24, 2.45) is 5.92 Å². The van der Waals surface area contributed by atoms with E-state index in [0.717, 1.165) is 60.7 Å². The Morgan fingerprint density at radius 3 is 2.40 bits per heavy atom. The van der Waals surface area contributed by atoms with Crippen LogP contribution in [0.5, 0.6) is 0 Å². The predicted octanol–water partition coefficient (Wildman–Crippen LogP) is 6.69. The lowest BCUT2D eigenvalue weighted by atomic mass is 9.88. The molecule has 236 valence electrons. The van der Waals surface area contributed by atoms with Crippen LogP contribution in [0.2, 0.25) is 0 Å². The zero-order valence-electron chi connectivity index (χ0n) is 27.2. The summed E-state index contributed by atoms with van der Waals surface area (Å²) in [7, 11) is 0. The molecule has 4 aromatic rings. The minimum atomic E-state index is -0.587. The van der Waals surface area contributed by atoms with Crippen molar-refractivity contribution in [1.82, 2.24) is 25.1 Å². The van der Waals surface area contributed by atoms with E-state index in [2.05, 4.69) is 90.0 Å². The summed E-state index contributed by atoms with van der Waals surface area (Å²) < 4.78 is 0. The van der Waals surface area contributed by atoms with Crippen molar-refractivity contribution in [2.75, 3.05) is 19.6 Å². The minimum absolute atomic E-state index is 0.0134. The summed E-state index contributed by atoms with van der Waals surface area (Å²) in [5.41, 5.74) is 6.54. The smallest absolute Gasteiger partial charge is 0.233 e. The highest BCUT2D eigenvalue weighted by atomic mass is 32.1. The summed E-state index contributed by atoms with van der Waals surface area (Å²) >= 11 is 1.71. The summed E-state index contributed by atoms with van der Waals surface area (Å²) in [6, 6.07) is 13.8. The van der Waals surface area contributed by atoms with Gasteiger partial charge in [-0.15, -0.1) is 11.3 Å². The van der Waals surface area contributed by atoms with E-state index in [1.807, 2.05) is 12.3 Å². The van der Waals surface area contributed by atoms with Crippen LogP contribution in [0, 0.1) is 19.8 Å². The lowest BCUT2D eigenvalue weighted by Gasteiger charge is -2.38. The fourth-order valence-corrected chi connectivity index (χ4v) is 9.12. The number of rotatable bonds is 9. The highest BCUT2D eigenvalue weighted by Gasteiger charge is 2.47. The molecule has 3 aromatic heterocycles. The number of hydrogen-bond acceptors (Lipinski definition) is 5. The molecule has 3 saturated heterocycles. The summed E-state index contributed by atoms with van der Waals surface area (Å²) in [4.78, 5) is 41.9.